The van der Waals surface area contributed by atoms with Crippen LogP contribution in [0.15, 0.2) is 29.4 Å². The average Bonchev–Trinajstić information content (AvgIpc) is 3.36. The molecule has 1 aromatic carbocycles. The van der Waals surface area contributed by atoms with Gasteiger partial charge in [-0.2, -0.15) is 5.10 Å². The Balaban J connectivity index is 1.66. The normalized spacial score (nSPS) is 15.7. The molecule has 1 aliphatic carbocycles. The minimum absolute atomic E-state index is 0.0354. The van der Waals surface area contributed by atoms with Gasteiger partial charge in [0, 0.05) is 45.6 Å². The van der Waals surface area contributed by atoms with E-state index in [1.54, 1.807) is 6.92 Å². The van der Waals surface area contributed by atoms with Gasteiger partial charge in [0.15, 0.2) is 0 Å². The molecular formula is C22H27N7O2. The second-order valence-corrected chi connectivity index (χ2v) is 8.08. The van der Waals surface area contributed by atoms with Crippen LogP contribution in [0.25, 0.3) is 32.7 Å². The Hall–Kier alpha value is -3.29. The summed E-state index contributed by atoms with van der Waals surface area (Å²) in [7, 11) is 0. The molecule has 0 saturated carbocycles. The summed E-state index contributed by atoms with van der Waals surface area (Å²) in [5.41, 5.74) is 14.5. The van der Waals surface area contributed by atoms with Gasteiger partial charge in [-0.25, -0.2) is 0 Å². The molecule has 1 atom stereocenters. The lowest BCUT2D eigenvalue weighted by atomic mass is 9.92. The lowest BCUT2D eigenvalue weighted by molar-refractivity contribution is -0.118. The van der Waals surface area contributed by atoms with Gasteiger partial charge in [0.25, 0.3) is 0 Å². The van der Waals surface area contributed by atoms with Crippen molar-refractivity contribution in [2.75, 3.05) is 11.6 Å². The van der Waals surface area contributed by atoms with E-state index in [-0.39, 0.29) is 24.8 Å². The molecule has 0 spiro atoms. The summed E-state index contributed by atoms with van der Waals surface area (Å²) in [6.07, 6.45) is 3.49. The molecule has 0 radical (unpaired) electrons. The number of hydrogen-bond acceptors (Lipinski definition) is 4. The maximum atomic E-state index is 12.3. The third kappa shape index (κ3) is 4.28. The van der Waals surface area contributed by atoms with Gasteiger partial charge in [0.1, 0.15) is 12.4 Å². The highest BCUT2D eigenvalue weighted by molar-refractivity contribution is 5.96. The molecule has 0 saturated heterocycles. The Morgan fingerprint density at radius 2 is 2.26 bits per heavy atom. The Bertz CT molecular complexity index is 1140. The number of anilines is 1. The van der Waals surface area contributed by atoms with E-state index in [2.05, 4.69) is 45.1 Å². The van der Waals surface area contributed by atoms with Gasteiger partial charge in [-0.1, -0.05) is 18.1 Å². The topological polar surface area (TPSA) is 123 Å². The lowest BCUT2D eigenvalue weighted by Crippen LogP contribution is -2.30. The molecule has 9 heteroatoms. The fraction of sp³-hybridized carbons (Fsp3) is 0.455. The smallest absolute Gasteiger partial charge is 0.226 e. The summed E-state index contributed by atoms with van der Waals surface area (Å²) in [6, 6.07) is 7.80. The van der Waals surface area contributed by atoms with Gasteiger partial charge >= 0.3 is 0 Å². The molecule has 2 aromatic heterocycles. The van der Waals surface area contributed by atoms with Crippen molar-refractivity contribution in [1.29, 1.82) is 0 Å². The van der Waals surface area contributed by atoms with Crippen molar-refractivity contribution >= 4 is 22.5 Å². The number of nitrogens with one attached hydrogen (secondary N) is 2. The first-order chi connectivity index (χ1) is 15.0. The van der Waals surface area contributed by atoms with Gasteiger partial charge in [-0.3, -0.25) is 9.89 Å². The van der Waals surface area contributed by atoms with Crippen LogP contribution in [0.1, 0.15) is 44.9 Å². The minimum atomic E-state index is -0.101. The third-order valence-electron chi connectivity index (χ3n) is 5.61. The van der Waals surface area contributed by atoms with Crippen LogP contribution in [0, 0.1) is 0 Å². The fourth-order valence-electron chi connectivity index (χ4n) is 4.18. The van der Waals surface area contributed by atoms with E-state index >= 15 is 0 Å². The van der Waals surface area contributed by atoms with Crippen molar-refractivity contribution in [3.05, 3.63) is 46.0 Å². The maximum absolute atomic E-state index is 12.3. The first kappa shape index (κ1) is 21.0. The largest absolute Gasteiger partial charge is 0.375 e. The van der Waals surface area contributed by atoms with Crippen molar-refractivity contribution in [2.24, 2.45) is 5.11 Å². The number of azide groups is 1. The number of nitrogens with zero attached hydrogens (tertiary/aromatic N) is 5. The third-order valence-corrected chi connectivity index (χ3v) is 5.61. The van der Waals surface area contributed by atoms with Gasteiger partial charge in [0.2, 0.25) is 5.91 Å². The number of ether oxygens (including phenoxy) is 1. The summed E-state index contributed by atoms with van der Waals surface area (Å²) >= 11 is 0. The summed E-state index contributed by atoms with van der Waals surface area (Å²) in [5, 5.41) is 12.4. The van der Waals surface area contributed by atoms with E-state index in [1.165, 1.54) is 16.2 Å². The van der Waals surface area contributed by atoms with Crippen LogP contribution in [0.3, 0.4) is 0 Å². The predicted octanol–water partition coefficient (Wildman–Crippen LogP) is 4.85. The van der Waals surface area contributed by atoms with E-state index in [0.717, 1.165) is 41.6 Å². The Morgan fingerprint density at radius 3 is 3.00 bits per heavy atom. The van der Waals surface area contributed by atoms with E-state index < -0.39 is 0 Å². The quantitative estimate of drug-likeness (QED) is 0.322. The molecule has 162 valence electrons. The number of carbonyl (C=O) groups is 1. The van der Waals surface area contributed by atoms with Crippen LogP contribution in [0.2, 0.25) is 0 Å². The van der Waals surface area contributed by atoms with Crippen LogP contribution < -0.4 is 4.90 Å². The number of aromatic amines is 2. The van der Waals surface area contributed by atoms with Crippen molar-refractivity contribution in [1.82, 2.24) is 15.2 Å². The lowest BCUT2D eigenvalue weighted by Gasteiger charge is -2.24. The van der Waals surface area contributed by atoms with Crippen molar-refractivity contribution in [3.63, 3.8) is 0 Å². The first-order valence-corrected chi connectivity index (χ1v) is 10.7. The highest BCUT2D eigenvalue weighted by Crippen LogP contribution is 2.33. The average molecular weight is 422 g/mol. The maximum Gasteiger partial charge on any atom is 0.226 e. The highest BCUT2D eigenvalue weighted by Gasteiger charge is 2.26. The number of benzene rings is 1. The molecule has 4 rings (SSSR count). The van der Waals surface area contributed by atoms with E-state index in [9.17, 15) is 4.79 Å². The predicted molar refractivity (Wildman–Crippen MR) is 120 cm³/mol. The Labute approximate surface area is 180 Å². The molecule has 2 N–H and O–H groups in total. The second kappa shape index (κ2) is 8.83. The molecular weight excluding hydrogens is 394 g/mol. The van der Waals surface area contributed by atoms with Crippen LogP contribution in [0.5, 0.6) is 0 Å². The first-order valence-electron chi connectivity index (χ1n) is 10.7. The molecule has 31 heavy (non-hydrogen) atoms. The fourth-order valence-corrected chi connectivity index (χ4v) is 4.18. The Kier molecular flexibility index (Phi) is 5.97. The summed E-state index contributed by atoms with van der Waals surface area (Å²) in [6.45, 7) is 5.88. The number of aromatic nitrogens is 3. The van der Waals surface area contributed by atoms with Crippen LogP contribution in [-0.2, 0) is 22.4 Å². The highest BCUT2D eigenvalue weighted by atomic mass is 16.5. The van der Waals surface area contributed by atoms with Gasteiger partial charge in [0.05, 0.1) is 17.9 Å². The van der Waals surface area contributed by atoms with Gasteiger partial charge < -0.3 is 14.6 Å². The molecule has 1 aliphatic rings. The standard InChI is InChI=1S/C22H27N7O2/c1-4-21(30)29(12-24-28-23)15-6-5-14-9-20(25-19(14)10-15)22-17-11-16(31-13(2)3)7-8-18(17)26-27-22/h5-6,9-10,13,16,25H,4,7-8,11-12H2,1-3H3,(H,26,27). The summed E-state index contributed by atoms with van der Waals surface area (Å²) in [4.78, 5) is 20.0. The number of hydrogen-bond donors (Lipinski definition) is 2. The van der Waals surface area contributed by atoms with E-state index in [1.807, 2.05) is 18.2 Å². The van der Waals surface area contributed by atoms with Crippen LogP contribution in [-0.4, -0.2) is 40.0 Å². The molecule has 9 nitrogen and oxygen atoms in total. The molecule has 0 fully saturated rings. The summed E-state index contributed by atoms with van der Waals surface area (Å²) in [5.74, 6) is -0.101. The monoisotopic (exact) mass is 421 g/mol. The molecule has 3 aromatic rings. The number of carbonyl (C=O) groups excluding carboxylic acids is 1. The number of H-pyrrole nitrogens is 2. The zero-order chi connectivity index (χ0) is 22.0. The van der Waals surface area contributed by atoms with Crippen molar-refractivity contribution in [3.8, 4) is 11.4 Å². The molecule has 1 amide bonds. The van der Waals surface area contributed by atoms with Gasteiger partial charge in [-0.05, 0) is 50.4 Å². The summed E-state index contributed by atoms with van der Waals surface area (Å²) < 4.78 is 6.05. The number of aryl methyl sites for hydroxylation is 1. The number of rotatable bonds is 7. The van der Waals surface area contributed by atoms with Crippen molar-refractivity contribution in [2.45, 2.75) is 58.7 Å². The Morgan fingerprint density at radius 1 is 1.42 bits per heavy atom. The van der Waals surface area contributed by atoms with E-state index in [4.69, 9.17) is 10.3 Å². The molecule has 0 aliphatic heterocycles. The zero-order valence-electron chi connectivity index (χ0n) is 18.1. The van der Waals surface area contributed by atoms with Crippen molar-refractivity contribution < 1.29 is 9.53 Å². The number of amides is 1. The van der Waals surface area contributed by atoms with Crippen LogP contribution >= 0.6 is 0 Å². The molecule has 0 bridgehead atoms. The second-order valence-electron chi connectivity index (χ2n) is 8.08. The SMILES string of the molecule is CCC(=O)N(CN=[N+]=[N-])c1ccc2cc(-c3n[nH]c4c3CC(OC(C)C)CC4)[nH]c2c1. The minimum Gasteiger partial charge on any atom is -0.375 e. The van der Waals surface area contributed by atoms with Crippen LogP contribution in [0.4, 0.5) is 5.69 Å². The zero-order valence-corrected chi connectivity index (χ0v) is 18.1. The number of fused-ring (bicyclic) bond motifs is 2. The molecule has 1 unspecified atom stereocenters. The van der Waals surface area contributed by atoms with E-state index in [0.29, 0.717) is 12.1 Å². The van der Waals surface area contributed by atoms with Gasteiger partial charge in [-0.15, -0.1) is 0 Å². The molecule has 2 heterocycles.